The summed E-state index contributed by atoms with van der Waals surface area (Å²) in [5.41, 5.74) is 0.954. The average Bonchev–Trinajstić information content (AvgIpc) is 3.02. The Kier molecular flexibility index (Phi) is 5.97. The summed E-state index contributed by atoms with van der Waals surface area (Å²) in [6.45, 7) is 7.20. The number of carbonyl (C=O) groups excluding carboxylic acids is 1. The zero-order valence-corrected chi connectivity index (χ0v) is 15.4. The van der Waals surface area contributed by atoms with Crippen molar-refractivity contribution >= 4 is 5.91 Å². The summed E-state index contributed by atoms with van der Waals surface area (Å²) < 4.78 is 5.82. The number of amides is 1. The lowest BCUT2D eigenvalue weighted by Crippen LogP contribution is -2.53. The third kappa shape index (κ3) is 4.53. The maximum atomic E-state index is 12.7. The van der Waals surface area contributed by atoms with Crippen LogP contribution in [0.5, 0.6) is 5.75 Å². The highest BCUT2D eigenvalue weighted by Crippen LogP contribution is 2.25. The number of hydrogen-bond acceptors (Lipinski definition) is 4. The molecule has 0 spiro atoms. The largest absolute Gasteiger partial charge is 0.491 e. The lowest BCUT2D eigenvalue weighted by atomic mass is 10.1. The van der Waals surface area contributed by atoms with Gasteiger partial charge in [-0.25, -0.2) is 0 Å². The first kappa shape index (κ1) is 18.2. The molecule has 138 valence electrons. The third-order valence-corrected chi connectivity index (χ3v) is 5.26. The second-order valence-electron chi connectivity index (χ2n) is 7.43. The average molecular weight is 346 g/mol. The summed E-state index contributed by atoms with van der Waals surface area (Å²) in [5, 5.41) is 10.1. The van der Waals surface area contributed by atoms with Gasteiger partial charge in [0.25, 0.3) is 0 Å². The van der Waals surface area contributed by atoms with Crippen molar-refractivity contribution in [2.24, 2.45) is 0 Å². The fourth-order valence-electron chi connectivity index (χ4n) is 3.94. The molecular weight excluding hydrogens is 316 g/mol. The molecule has 2 atom stereocenters. The van der Waals surface area contributed by atoms with Crippen LogP contribution >= 0.6 is 0 Å². The fourth-order valence-corrected chi connectivity index (χ4v) is 3.94. The molecule has 1 aliphatic heterocycles. The van der Waals surface area contributed by atoms with Crippen molar-refractivity contribution in [3.05, 3.63) is 29.8 Å². The number of carbonyl (C=O) groups is 1. The zero-order valence-electron chi connectivity index (χ0n) is 15.4. The number of aliphatic hydroxyl groups excluding tert-OH is 1. The van der Waals surface area contributed by atoms with Gasteiger partial charge in [-0.3, -0.25) is 9.69 Å². The van der Waals surface area contributed by atoms with E-state index in [2.05, 4.69) is 4.90 Å². The van der Waals surface area contributed by atoms with Crippen LogP contribution in [0.2, 0.25) is 0 Å². The second kappa shape index (κ2) is 8.19. The summed E-state index contributed by atoms with van der Waals surface area (Å²) in [6.07, 6.45) is 3.39. The molecule has 1 aromatic rings. The molecule has 0 radical (unpaired) electrons. The molecule has 3 rings (SSSR count). The van der Waals surface area contributed by atoms with Crippen LogP contribution in [0, 0.1) is 0 Å². The van der Waals surface area contributed by atoms with E-state index in [1.165, 1.54) is 0 Å². The number of para-hydroxylation sites is 1. The van der Waals surface area contributed by atoms with Crippen molar-refractivity contribution < 1.29 is 14.6 Å². The topological polar surface area (TPSA) is 53.0 Å². The van der Waals surface area contributed by atoms with Crippen molar-refractivity contribution in [1.82, 2.24) is 9.80 Å². The third-order valence-electron chi connectivity index (χ3n) is 5.26. The van der Waals surface area contributed by atoms with E-state index in [4.69, 9.17) is 4.74 Å². The minimum Gasteiger partial charge on any atom is -0.491 e. The summed E-state index contributed by atoms with van der Waals surface area (Å²) in [5.74, 6) is 0.963. The molecule has 1 saturated heterocycles. The lowest BCUT2D eigenvalue weighted by Gasteiger charge is -2.39. The highest BCUT2D eigenvalue weighted by molar-refractivity contribution is 5.79. The van der Waals surface area contributed by atoms with E-state index in [9.17, 15) is 9.90 Å². The van der Waals surface area contributed by atoms with Crippen LogP contribution in [0.3, 0.4) is 0 Å². The Bertz CT molecular complexity index is 582. The Labute approximate surface area is 150 Å². The van der Waals surface area contributed by atoms with Gasteiger partial charge in [0.2, 0.25) is 5.91 Å². The fraction of sp³-hybridized carbons (Fsp3) is 0.650. The molecule has 0 unspecified atom stereocenters. The Morgan fingerprint density at radius 2 is 1.92 bits per heavy atom. The quantitative estimate of drug-likeness (QED) is 0.887. The van der Waals surface area contributed by atoms with Gasteiger partial charge in [-0.05, 0) is 39.2 Å². The molecule has 2 aliphatic rings. The first-order chi connectivity index (χ1) is 12.0. The van der Waals surface area contributed by atoms with Gasteiger partial charge in [0, 0.05) is 37.8 Å². The summed E-state index contributed by atoms with van der Waals surface area (Å²) in [6, 6.07) is 8.09. The number of nitrogens with zero attached hydrogens (tertiary/aromatic N) is 2. The number of ether oxygens (including phenoxy) is 1. The molecule has 1 N–H and O–H groups in total. The normalized spacial score (nSPS) is 24.7. The van der Waals surface area contributed by atoms with Crippen molar-refractivity contribution in [3.8, 4) is 5.75 Å². The predicted molar refractivity (Wildman–Crippen MR) is 97.7 cm³/mol. The van der Waals surface area contributed by atoms with Crippen molar-refractivity contribution in [2.75, 3.05) is 26.2 Å². The van der Waals surface area contributed by atoms with Crippen LogP contribution in [0.25, 0.3) is 0 Å². The number of hydrogen-bond donors (Lipinski definition) is 1. The number of piperazine rings is 1. The van der Waals surface area contributed by atoms with E-state index in [0.29, 0.717) is 6.42 Å². The van der Waals surface area contributed by atoms with Crippen LogP contribution in [-0.4, -0.2) is 65.2 Å². The molecule has 1 saturated carbocycles. The van der Waals surface area contributed by atoms with Crippen molar-refractivity contribution in [3.63, 3.8) is 0 Å². The van der Waals surface area contributed by atoms with Crippen LogP contribution in [0.4, 0.5) is 0 Å². The van der Waals surface area contributed by atoms with Gasteiger partial charge in [-0.15, -0.1) is 0 Å². The van der Waals surface area contributed by atoms with Crippen LogP contribution in [0.15, 0.2) is 24.3 Å². The standard InChI is InChI=1S/C20H30N2O3/c1-15(2)25-19-9-4-3-6-16(19)14-20(24)22-12-10-21(11-13-22)17-7-5-8-18(17)23/h3-4,6,9,15,17-18,23H,5,7-8,10-14H2,1-2H3/t17-,18-/m0/s1. The highest BCUT2D eigenvalue weighted by atomic mass is 16.5. The highest BCUT2D eigenvalue weighted by Gasteiger charge is 2.33. The number of benzene rings is 1. The molecular formula is C20H30N2O3. The Morgan fingerprint density at radius 3 is 2.56 bits per heavy atom. The molecule has 5 heteroatoms. The maximum Gasteiger partial charge on any atom is 0.227 e. The number of aliphatic hydroxyl groups is 1. The van der Waals surface area contributed by atoms with Gasteiger partial charge in [0.15, 0.2) is 0 Å². The van der Waals surface area contributed by atoms with Crippen LogP contribution in [0.1, 0.15) is 38.7 Å². The second-order valence-corrected chi connectivity index (χ2v) is 7.43. The monoisotopic (exact) mass is 346 g/mol. The van der Waals surface area contributed by atoms with Gasteiger partial charge in [0.1, 0.15) is 5.75 Å². The van der Waals surface area contributed by atoms with E-state index in [-0.39, 0.29) is 24.2 Å². The first-order valence-electron chi connectivity index (χ1n) is 9.49. The molecule has 1 aliphatic carbocycles. The summed E-state index contributed by atoms with van der Waals surface area (Å²) in [7, 11) is 0. The molecule has 0 bridgehead atoms. The van der Waals surface area contributed by atoms with E-state index in [0.717, 1.165) is 56.8 Å². The van der Waals surface area contributed by atoms with Crippen molar-refractivity contribution in [1.29, 1.82) is 0 Å². The Balaban J connectivity index is 1.55. The van der Waals surface area contributed by atoms with E-state index < -0.39 is 0 Å². The Morgan fingerprint density at radius 1 is 1.20 bits per heavy atom. The minimum absolute atomic E-state index is 0.0950. The molecule has 25 heavy (non-hydrogen) atoms. The maximum absolute atomic E-state index is 12.7. The minimum atomic E-state index is -0.192. The van der Waals surface area contributed by atoms with Crippen LogP contribution < -0.4 is 4.74 Å². The van der Waals surface area contributed by atoms with E-state index in [1.54, 1.807) is 0 Å². The first-order valence-corrected chi connectivity index (χ1v) is 9.49. The SMILES string of the molecule is CC(C)Oc1ccccc1CC(=O)N1CCN([C@H]2CCC[C@@H]2O)CC1. The summed E-state index contributed by atoms with van der Waals surface area (Å²) in [4.78, 5) is 17.0. The van der Waals surface area contributed by atoms with Crippen molar-refractivity contribution in [2.45, 2.75) is 57.8 Å². The molecule has 0 aromatic heterocycles. The number of rotatable bonds is 5. The molecule has 1 aromatic carbocycles. The molecule has 1 heterocycles. The van der Waals surface area contributed by atoms with Gasteiger partial charge in [0.05, 0.1) is 18.6 Å². The zero-order chi connectivity index (χ0) is 17.8. The lowest BCUT2D eigenvalue weighted by molar-refractivity contribution is -0.132. The Hall–Kier alpha value is -1.59. The molecule has 5 nitrogen and oxygen atoms in total. The predicted octanol–water partition coefficient (Wildman–Crippen LogP) is 2.07. The van der Waals surface area contributed by atoms with Gasteiger partial charge >= 0.3 is 0 Å². The van der Waals surface area contributed by atoms with Gasteiger partial charge in [-0.2, -0.15) is 0 Å². The molecule has 2 fully saturated rings. The molecule has 1 amide bonds. The summed E-state index contributed by atoms with van der Waals surface area (Å²) >= 11 is 0. The van der Waals surface area contributed by atoms with E-state index in [1.807, 2.05) is 43.0 Å². The van der Waals surface area contributed by atoms with E-state index >= 15 is 0 Å². The van der Waals surface area contributed by atoms with Crippen LogP contribution in [-0.2, 0) is 11.2 Å². The van der Waals surface area contributed by atoms with Gasteiger partial charge in [-0.1, -0.05) is 18.2 Å². The smallest absolute Gasteiger partial charge is 0.227 e. The van der Waals surface area contributed by atoms with Gasteiger partial charge < -0.3 is 14.7 Å².